The third kappa shape index (κ3) is 1.57. The van der Waals surface area contributed by atoms with Crippen molar-refractivity contribution >= 4 is 0 Å². The first-order valence-corrected chi connectivity index (χ1v) is 6.14. The summed E-state index contributed by atoms with van der Waals surface area (Å²) in [5.74, 6) is 0.527. The van der Waals surface area contributed by atoms with Crippen molar-refractivity contribution in [3.05, 3.63) is 34.9 Å². The summed E-state index contributed by atoms with van der Waals surface area (Å²) in [7, 11) is 0. The smallest absolute Gasteiger partial charge is 0.158 e. The number of ether oxygens (including phenoxy) is 2. The van der Waals surface area contributed by atoms with Crippen LogP contribution in [0.15, 0.2) is 18.2 Å². The first-order chi connectivity index (χ1) is 7.78. The van der Waals surface area contributed by atoms with Crippen LogP contribution >= 0.6 is 0 Å². The highest BCUT2D eigenvalue weighted by molar-refractivity contribution is 5.38. The second-order valence-electron chi connectivity index (χ2n) is 4.89. The van der Waals surface area contributed by atoms with Gasteiger partial charge in [-0.1, -0.05) is 30.7 Å². The van der Waals surface area contributed by atoms with E-state index in [1.807, 2.05) is 0 Å². The van der Waals surface area contributed by atoms with E-state index in [2.05, 4.69) is 32.0 Å². The molecule has 1 aromatic carbocycles. The van der Waals surface area contributed by atoms with E-state index in [0.717, 1.165) is 19.4 Å². The molecule has 1 fully saturated rings. The van der Waals surface area contributed by atoms with E-state index >= 15 is 0 Å². The number of aryl methyl sites for hydroxylation is 1. The summed E-state index contributed by atoms with van der Waals surface area (Å²) in [6.07, 6.45) is 2.31. The lowest BCUT2D eigenvalue weighted by atomic mass is 10.0. The Kier molecular flexibility index (Phi) is 2.49. The molecule has 0 radical (unpaired) electrons. The highest BCUT2D eigenvalue weighted by Crippen LogP contribution is 2.43. The molecule has 1 aliphatic carbocycles. The van der Waals surface area contributed by atoms with Crippen LogP contribution in [0.25, 0.3) is 0 Å². The van der Waals surface area contributed by atoms with Gasteiger partial charge in [0.2, 0.25) is 0 Å². The molecule has 1 heterocycles. The van der Waals surface area contributed by atoms with E-state index in [0.29, 0.717) is 5.92 Å². The molecule has 0 N–H and O–H groups in total. The van der Waals surface area contributed by atoms with Crippen molar-refractivity contribution < 1.29 is 9.47 Å². The molecule has 2 heteroatoms. The van der Waals surface area contributed by atoms with Gasteiger partial charge in [0.05, 0.1) is 12.7 Å². The van der Waals surface area contributed by atoms with E-state index in [-0.39, 0.29) is 12.4 Å². The second kappa shape index (κ2) is 3.86. The molecule has 1 aliphatic heterocycles. The summed E-state index contributed by atoms with van der Waals surface area (Å²) in [5, 5.41) is 0. The number of hydrogen-bond donors (Lipinski definition) is 0. The molecule has 2 aliphatic rings. The highest BCUT2D eigenvalue weighted by Gasteiger charge is 2.38. The molecule has 0 amide bonds. The first-order valence-electron chi connectivity index (χ1n) is 6.14. The Bertz CT molecular complexity index is 400. The Morgan fingerprint density at radius 2 is 2.25 bits per heavy atom. The molecule has 0 bridgehead atoms. The second-order valence-corrected chi connectivity index (χ2v) is 4.89. The summed E-state index contributed by atoms with van der Waals surface area (Å²) in [5.41, 5.74) is 4.16. The monoisotopic (exact) mass is 218 g/mol. The largest absolute Gasteiger partial charge is 0.352 e. The lowest BCUT2D eigenvalue weighted by Gasteiger charge is -2.32. The Balaban J connectivity index is 1.92. The Morgan fingerprint density at radius 3 is 3.06 bits per heavy atom. The van der Waals surface area contributed by atoms with E-state index in [1.54, 1.807) is 0 Å². The van der Waals surface area contributed by atoms with Crippen LogP contribution < -0.4 is 0 Å². The number of fused-ring (bicyclic) bond motifs is 3. The van der Waals surface area contributed by atoms with Crippen LogP contribution in [0.3, 0.4) is 0 Å². The van der Waals surface area contributed by atoms with Crippen LogP contribution in [-0.4, -0.2) is 12.9 Å². The molecule has 2 nitrogen and oxygen atoms in total. The molecule has 0 spiro atoms. The molecule has 0 saturated carbocycles. The molecule has 1 aromatic rings. The van der Waals surface area contributed by atoms with Crippen LogP contribution in [0.5, 0.6) is 0 Å². The van der Waals surface area contributed by atoms with Gasteiger partial charge in [-0.3, -0.25) is 0 Å². The van der Waals surface area contributed by atoms with Crippen molar-refractivity contribution in [3.63, 3.8) is 0 Å². The molecule has 3 rings (SSSR count). The van der Waals surface area contributed by atoms with Crippen molar-refractivity contribution in [3.8, 4) is 0 Å². The Hall–Kier alpha value is -0.860. The van der Waals surface area contributed by atoms with Gasteiger partial charge in [-0.15, -0.1) is 0 Å². The quantitative estimate of drug-likeness (QED) is 0.721. The fourth-order valence-electron chi connectivity index (χ4n) is 2.79. The van der Waals surface area contributed by atoms with Gasteiger partial charge in [-0.05, 0) is 30.9 Å². The van der Waals surface area contributed by atoms with E-state index in [4.69, 9.17) is 9.47 Å². The zero-order valence-electron chi connectivity index (χ0n) is 9.90. The average molecular weight is 218 g/mol. The standard InChI is InChI=1S/C14H18O2/c1-3-13-15-8-11-7-10-5-4-9(2)6-12(10)14(11)16-13/h4-6,11,13-14H,3,7-8H2,1-2H3/t11-,13+,14+/m0/s1. The van der Waals surface area contributed by atoms with Gasteiger partial charge in [0.25, 0.3) is 0 Å². The van der Waals surface area contributed by atoms with Gasteiger partial charge in [-0.2, -0.15) is 0 Å². The van der Waals surface area contributed by atoms with Gasteiger partial charge in [0.1, 0.15) is 0 Å². The van der Waals surface area contributed by atoms with E-state index in [1.165, 1.54) is 16.7 Å². The molecular weight excluding hydrogens is 200 g/mol. The zero-order chi connectivity index (χ0) is 11.1. The Morgan fingerprint density at radius 1 is 1.38 bits per heavy atom. The molecule has 1 saturated heterocycles. The lowest BCUT2D eigenvalue weighted by Crippen LogP contribution is -2.32. The molecule has 3 atom stereocenters. The zero-order valence-corrected chi connectivity index (χ0v) is 9.90. The average Bonchev–Trinajstić information content (AvgIpc) is 2.66. The summed E-state index contributed by atoms with van der Waals surface area (Å²) >= 11 is 0. The fraction of sp³-hybridized carbons (Fsp3) is 0.571. The van der Waals surface area contributed by atoms with Crippen molar-refractivity contribution in [1.82, 2.24) is 0 Å². The van der Waals surface area contributed by atoms with Gasteiger partial charge in [0.15, 0.2) is 6.29 Å². The minimum Gasteiger partial charge on any atom is -0.352 e. The van der Waals surface area contributed by atoms with Gasteiger partial charge in [-0.25, -0.2) is 0 Å². The highest BCUT2D eigenvalue weighted by atomic mass is 16.7. The van der Waals surface area contributed by atoms with Crippen molar-refractivity contribution in [2.75, 3.05) is 6.61 Å². The molecule has 16 heavy (non-hydrogen) atoms. The maximum Gasteiger partial charge on any atom is 0.158 e. The predicted molar refractivity (Wildman–Crippen MR) is 62.2 cm³/mol. The number of benzene rings is 1. The molecule has 0 unspecified atom stereocenters. The topological polar surface area (TPSA) is 18.5 Å². The summed E-state index contributed by atoms with van der Waals surface area (Å²) in [6.45, 7) is 5.10. The van der Waals surface area contributed by atoms with Crippen LogP contribution in [0, 0.1) is 12.8 Å². The normalized spacial score (nSPS) is 32.2. The molecule has 86 valence electrons. The third-order valence-corrected chi connectivity index (χ3v) is 3.65. The third-order valence-electron chi connectivity index (χ3n) is 3.65. The predicted octanol–water partition coefficient (Wildman–Crippen LogP) is 2.99. The Labute approximate surface area is 96.6 Å². The van der Waals surface area contributed by atoms with E-state index in [9.17, 15) is 0 Å². The first kappa shape index (κ1) is 10.3. The summed E-state index contributed by atoms with van der Waals surface area (Å²) in [4.78, 5) is 0. The van der Waals surface area contributed by atoms with Crippen LogP contribution in [0.2, 0.25) is 0 Å². The lowest BCUT2D eigenvalue weighted by molar-refractivity contribution is -0.235. The van der Waals surface area contributed by atoms with Gasteiger partial charge in [0, 0.05) is 5.92 Å². The van der Waals surface area contributed by atoms with Crippen molar-refractivity contribution in [2.24, 2.45) is 5.92 Å². The minimum absolute atomic E-state index is 0.00675. The number of hydrogen-bond acceptors (Lipinski definition) is 2. The summed E-state index contributed by atoms with van der Waals surface area (Å²) in [6, 6.07) is 6.71. The van der Waals surface area contributed by atoms with Crippen LogP contribution in [-0.2, 0) is 15.9 Å². The maximum atomic E-state index is 6.02. The van der Waals surface area contributed by atoms with Crippen LogP contribution in [0.1, 0.15) is 36.1 Å². The SMILES string of the molecule is CC[C@@H]1OC[C@@H]2Cc3ccc(C)cc3[C@@H]2O1. The van der Waals surface area contributed by atoms with E-state index < -0.39 is 0 Å². The van der Waals surface area contributed by atoms with Gasteiger partial charge < -0.3 is 9.47 Å². The van der Waals surface area contributed by atoms with Crippen molar-refractivity contribution in [2.45, 2.75) is 39.1 Å². The molecular formula is C14H18O2. The fourth-order valence-corrected chi connectivity index (χ4v) is 2.79. The van der Waals surface area contributed by atoms with Gasteiger partial charge >= 0.3 is 0 Å². The number of rotatable bonds is 1. The van der Waals surface area contributed by atoms with Crippen molar-refractivity contribution in [1.29, 1.82) is 0 Å². The minimum atomic E-state index is -0.00675. The summed E-state index contributed by atoms with van der Waals surface area (Å²) < 4.78 is 11.7. The maximum absolute atomic E-state index is 6.02. The molecule has 0 aromatic heterocycles. The van der Waals surface area contributed by atoms with Crippen LogP contribution in [0.4, 0.5) is 0 Å².